The number of ether oxygens (including phenoxy) is 2. The van der Waals surface area contributed by atoms with E-state index < -0.39 is 6.04 Å². The molecule has 0 spiro atoms. The SMILES string of the molecule is CC(=O)N[C@@H]1C(=O)N(C[C@@H]2COc3ccccc3O2)c2ccccc21. The van der Waals surface area contributed by atoms with Crippen molar-refractivity contribution < 1.29 is 19.1 Å². The maximum atomic E-state index is 12.8. The average Bonchev–Trinajstić information content (AvgIpc) is 2.87. The van der Waals surface area contributed by atoms with Gasteiger partial charge in [-0.2, -0.15) is 0 Å². The number of anilines is 1. The average molecular weight is 338 g/mol. The van der Waals surface area contributed by atoms with Gasteiger partial charge in [0.15, 0.2) is 17.6 Å². The van der Waals surface area contributed by atoms with Crippen LogP contribution in [0.3, 0.4) is 0 Å². The van der Waals surface area contributed by atoms with E-state index in [4.69, 9.17) is 9.47 Å². The van der Waals surface area contributed by atoms with Gasteiger partial charge >= 0.3 is 0 Å². The Morgan fingerprint density at radius 2 is 1.88 bits per heavy atom. The molecule has 0 saturated heterocycles. The second-order valence-corrected chi connectivity index (χ2v) is 6.14. The first-order chi connectivity index (χ1) is 12.1. The molecule has 128 valence electrons. The van der Waals surface area contributed by atoms with E-state index in [0.717, 1.165) is 11.3 Å². The Hall–Kier alpha value is -3.02. The fraction of sp³-hybridized carbons (Fsp3) is 0.263. The van der Waals surface area contributed by atoms with Gasteiger partial charge in [0.05, 0.1) is 6.54 Å². The number of fused-ring (bicyclic) bond motifs is 2. The zero-order chi connectivity index (χ0) is 17.4. The topological polar surface area (TPSA) is 67.9 Å². The minimum atomic E-state index is -0.648. The quantitative estimate of drug-likeness (QED) is 0.930. The summed E-state index contributed by atoms with van der Waals surface area (Å²) in [7, 11) is 0. The Kier molecular flexibility index (Phi) is 3.80. The zero-order valence-corrected chi connectivity index (χ0v) is 13.8. The summed E-state index contributed by atoms with van der Waals surface area (Å²) in [5, 5.41) is 2.73. The van der Waals surface area contributed by atoms with Crippen molar-refractivity contribution in [2.75, 3.05) is 18.1 Å². The number of rotatable bonds is 3. The molecule has 0 aliphatic carbocycles. The van der Waals surface area contributed by atoms with Crippen LogP contribution in [-0.4, -0.2) is 31.1 Å². The molecule has 1 N–H and O–H groups in total. The highest BCUT2D eigenvalue weighted by Crippen LogP contribution is 2.37. The molecule has 25 heavy (non-hydrogen) atoms. The summed E-state index contributed by atoms with van der Waals surface area (Å²) in [6, 6.07) is 14.3. The second-order valence-electron chi connectivity index (χ2n) is 6.14. The van der Waals surface area contributed by atoms with Gasteiger partial charge in [-0.05, 0) is 18.2 Å². The molecule has 2 atom stereocenters. The van der Waals surface area contributed by atoms with Crippen molar-refractivity contribution in [1.29, 1.82) is 0 Å². The number of amides is 2. The van der Waals surface area contributed by atoms with Gasteiger partial charge in [-0.1, -0.05) is 30.3 Å². The molecular formula is C19H18N2O4. The van der Waals surface area contributed by atoms with E-state index in [-0.39, 0.29) is 17.9 Å². The van der Waals surface area contributed by atoms with Crippen LogP contribution in [0.4, 0.5) is 5.69 Å². The number of para-hydroxylation sites is 3. The van der Waals surface area contributed by atoms with Gasteiger partial charge in [-0.15, -0.1) is 0 Å². The number of nitrogens with one attached hydrogen (secondary N) is 1. The van der Waals surface area contributed by atoms with Crippen molar-refractivity contribution in [3.8, 4) is 11.5 Å². The smallest absolute Gasteiger partial charge is 0.254 e. The number of hydrogen-bond acceptors (Lipinski definition) is 4. The number of carbonyl (C=O) groups is 2. The van der Waals surface area contributed by atoms with Crippen molar-refractivity contribution in [2.45, 2.75) is 19.1 Å². The highest BCUT2D eigenvalue weighted by atomic mass is 16.6. The molecule has 2 aliphatic heterocycles. The Balaban J connectivity index is 1.57. The van der Waals surface area contributed by atoms with E-state index in [9.17, 15) is 9.59 Å². The van der Waals surface area contributed by atoms with E-state index in [0.29, 0.717) is 24.7 Å². The van der Waals surface area contributed by atoms with Crippen molar-refractivity contribution >= 4 is 17.5 Å². The maximum absolute atomic E-state index is 12.8. The molecule has 4 rings (SSSR count). The third-order valence-corrected chi connectivity index (χ3v) is 4.35. The third kappa shape index (κ3) is 2.80. The van der Waals surface area contributed by atoms with E-state index >= 15 is 0 Å². The Bertz CT molecular complexity index is 836. The first-order valence-corrected chi connectivity index (χ1v) is 8.19. The molecule has 2 heterocycles. The standard InChI is InChI=1S/C19H18N2O4/c1-12(22)20-18-14-6-2-3-7-15(14)21(19(18)23)10-13-11-24-16-8-4-5-9-17(16)25-13/h2-9,13,18H,10-11H2,1H3,(H,20,22)/t13-,18+/m1/s1. The molecule has 0 unspecified atom stereocenters. The molecule has 0 fully saturated rings. The lowest BCUT2D eigenvalue weighted by Crippen LogP contribution is -2.44. The number of benzene rings is 2. The van der Waals surface area contributed by atoms with Crippen LogP contribution in [0, 0.1) is 0 Å². The van der Waals surface area contributed by atoms with E-state index in [1.807, 2.05) is 48.5 Å². The molecule has 6 nitrogen and oxygen atoms in total. The van der Waals surface area contributed by atoms with Gasteiger partial charge in [0.2, 0.25) is 5.91 Å². The van der Waals surface area contributed by atoms with Gasteiger partial charge in [-0.3, -0.25) is 9.59 Å². The normalized spacial score (nSPS) is 21.0. The Morgan fingerprint density at radius 3 is 2.68 bits per heavy atom. The van der Waals surface area contributed by atoms with E-state index in [2.05, 4.69) is 5.32 Å². The first-order valence-electron chi connectivity index (χ1n) is 8.19. The van der Waals surface area contributed by atoms with Gasteiger partial charge in [0, 0.05) is 18.2 Å². The van der Waals surface area contributed by atoms with Crippen LogP contribution in [-0.2, 0) is 9.59 Å². The predicted molar refractivity (Wildman–Crippen MR) is 91.7 cm³/mol. The summed E-state index contributed by atoms with van der Waals surface area (Å²) >= 11 is 0. The highest BCUT2D eigenvalue weighted by molar-refractivity contribution is 6.06. The molecule has 0 saturated carbocycles. The summed E-state index contributed by atoms with van der Waals surface area (Å²) in [4.78, 5) is 26.0. The fourth-order valence-corrected chi connectivity index (χ4v) is 3.27. The molecule has 0 bridgehead atoms. The second kappa shape index (κ2) is 6.12. The minimum absolute atomic E-state index is 0.154. The lowest BCUT2D eigenvalue weighted by atomic mass is 10.1. The van der Waals surface area contributed by atoms with Crippen molar-refractivity contribution in [2.24, 2.45) is 0 Å². The Labute approximate surface area is 145 Å². The van der Waals surface area contributed by atoms with Gasteiger partial charge in [0.1, 0.15) is 12.6 Å². The van der Waals surface area contributed by atoms with Crippen LogP contribution in [0.15, 0.2) is 48.5 Å². The predicted octanol–water partition coefficient (Wildman–Crippen LogP) is 2.05. The first kappa shape index (κ1) is 15.5. The summed E-state index contributed by atoms with van der Waals surface area (Å²) < 4.78 is 11.7. The van der Waals surface area contributed by atoms with E-state index in [1.165, 1.54) is 6.92 Å². The molecular weight excluding hydrogens is 320 g/mol. The van der Waals surface area contributed by atoms with Gasteiger partial charge in [0.25, 0.3) is 5.91 Å². The summed E-state index contributed by atoms with van der Waals surface area (Å²) in [5.74, 6) is 1.00. The van der Waals surface area contributed by atoms with Crippen LogP contribution in [0.5, 0.6) is 11.5 Å². The zero-order valence-electron chi connectivity index (χ0n) is 13.8. The molecule has 0 aromatic heterocycles. The lowest BCUT2D eigenvalue weighted by Gasteiger charge is -2.30. The molecule has 2 aliphatic rings. The summed E-state index contributed by atoms with van der Waals surface area (Å²) in [6.07, 6.45) is -0.275. The van der Waals surface area contributed by atoms with E-state index in [1.54, 1.807) is 4.90 Å². The monoisotopic (exact) mass is 338 g/mol. The summed E-state index contributed by atoms with van der Waals surface area (Å²) in [6.45, 7) is 2.14. The van der Waals surface area contributed by atoms with Crippen molar-refractivity contribution in [1.82, 2.24) is 5.32 Å². The van der Waals surface area contributed by atoms with Crippen molar-refractivity contribution in [3.05, 3.63) is 54.1 Å². The number of carbonyl (C=O) groups excluding carboxylic acids is 2. The fourth-order valence-electron chi connectivity index (χ4n) is 3.27. The summed E-state index contributed by atoms with van der Waals surface area (Å²) in [5.41, 5.74) is 1.61. The third-order valence-electron chi connectivity index (χ3n) is 4.35. The van der Waals surface area contributed by atoms with Crippen LogP contribution in [0.1, 0.15) is 18.5 Å². The lowest BCUT2D eigenvalue weighted by molar-refractivity contribution is -0.126. The largest absolute Gasteiger partial charge is 0.486 e. The molecule has 2 aromatic carbocycles. The van der Waals surface area contributed by atoms with Crippen LogP contribution >= 0.6 is 0 Å². The van der Waals surface area contributed by atoms with Crippen LogP contribution < -0.4 is 19.7 Å². The number of nitrogens with zero attached hydrogens (tertiary/aromatic N) is 1. The molecule has 2 amide bonds. The Morgan fingerprint density at radius 1 is 1.16 bits per heavy atom. The van der Waals surface area contributed by atoms with Gasteiger partial charge < -0.3 is 19.7 Å². The molecule has 0 radical (unpaired) electrons. The van der Waals surface area contributed by atoms with Gasteiger partial charge in [-0.25, -0.2) is 0 Å². The van der Waals surface area contributed by atoms with Crippen LogP contribution in [0.2, 0.25) is 0 Å². The molecule has 6 heteroatoms. The number of hydrogen-bond donors (Lipinski definition) is 1. The maximum Gasteiger partial charge on any atom is 0.254 e. The molecule has 2 aromatic rings. The minimum Gasteiger partial charge on any atom is -0.486 e. The van der Waals surface area contributed by atoms with Crippen LogP contribution in [0.25, 0.3) is 0 Å². The van der Waals surface area contributed by atoms with Crippen molar-refractivity contribution in [3.63, 3.8) is 0 Å². The highest BCUT2D eigenvalue weighted by Gasteiger charge is 2.39.